The Hall–Kier alpha value is -2.08. The number of carbonyl (C=O) groups is 3. The third-order valence-electron chi connectivity index (χ3n) is 4.01. The summed E-state index contributed by atoms with van der Waals surface area (Å²) in [5.74, 6) is -0.391. The highest BCUT2D eigenvalue weighted by atomic mass is 35.5. The molecule has 21 heavy (non-hydrogen) atoms. The molecule has 2 fully saturated rings. The number of carbonyl (C=O) groups excluding carboxylic acids is 3. The van der Waals surface area contributed by atoms with E-state index >= 15 is 0 Å². The van der Waals surface area contributed by atoms with Crippen LogP contribution in [0.15, 0.2) is 24.3 Å². The average Bonchev–Trinajstić information content (AvgIpc) is 2.74. The largest absolute Gasteiger partial charge is 0.338 e. The van der Waals surface area contributed by atoms with Crippen LogP contribution >= 0.6 is 11.6 Å². The van der Waals surface area contributed by atoms with Crippen molar-refractivity contribution in [3.63, 3.8) is 0 Å². The van der Waals surface area contributed by atoms with Crippen LogP contribution in [0.5, 0.6) is 0 Å². The molecule has 0 aliphatic carbocycles. The van der Waals surface area contributed by atoms with Gasteiger partial charge < -0.3 is 10.2 Å². The van der Waals surface area contributed by atoms with Crippen molar-refractivity contribution < 1.29 is 14.4 Å². The number of nitrogens with one attached hydrogen (secondary N) is 2. The summed E-state index contributed by atoms with van der Waals surface area (Å²) in [4.78, 5) is 37.1. The SMILES string of the molecule is O=C1NC(=O)C2(CCN(C(=O)c3ccc(Cl)cc3)CC2)N1. The fourth-order valence-electron chi connectivity index (χ4n) is 2.75. The summed E-state index contributed by atoms with van der Waals surface area (Å²) in [5.41, 5.74) is -0.288. The van der Waals surface area contributed by atoms with Gasteiger partial charge in [0.15, 0.2) is 0 Å². The van der Waals surface area contributed by atoms with E-state index in [0.717, 1.165) is 0 Å². The lowest BCUT2D eigenvalue weighted by Crippen LogP contribution is -2.55. The number of urea groups is 1. The summed E-state index contributed by atoms with van der Waals surface area (Å²) in [5, 5.41) is 5.50. The first kappa shape index (κ1) is 13.9. The molecule has 0 radical (unpaired) electrons. The number of hydrogen-bond donors (Lipinski definition) is 2. The van der Waals surface area contributed by atoms with E-state index in [-0.39, 0.29) is 11.8 Å². The summed E-state index contributed by atoms with van der Waals surface area (Å²) < 4.78 is 0. The van der Waals surface area contributed by atoms with Crippen molar-refractivity contribution in [2.45, 2.75) is 18.4 Å². The summed E-state index contributed by atoms with van der Waals surface area (Å²) in [6.45, 7) is 0.852. The van der Waals surface area contributed by atoms with E-state index in [0.29, 0.717) is 36.5 Å². The quantitative estimate of drug-likeness (QED) is 0.764. The summed E-state index contributed by atoms with van der Waals surface area (Å²) in [6, 6.07) is 6.24. The Balaban J connectivity index is 1.68. The van der Waals surface area contributed by atoms with Crippen LogP contribution in [0.1, 0.15) is 23.2 Å². The molecule has 2 aliphatic heterocycles. The fraction of sp³-hybridized carbons (Fsp3) is 0.357. The predicted octanol–water partition coefficient (Wildman–Crippen LogP) is 1.15. The van der Waals surface area contributed by atoms with Gasteiger partial charge in [-0.2, -0.15) is 0 Å². The van der Waals surface area contributed by atoms with Gasteiger partial charge in [0, 0.05) is 23.7 Å². The maximum absolute atomic E-state index is 12.4. The van der Waals surface area contributed by atoms with Gasteiger partial charge in [0.1, 0.15) is 5.54 Å². The number of halogens is 1. The molecule has 2 N–H and O–H groups in total. The second-order valence-corrected chi connectivity index (χ2v) is 5.73. The third-order valence-corrected chi connectivity index (χ3v) is 4.26. The highest BCUT2D eigenvalue weighted by molar-refractivity contribution is 6.30. The Morgan fingerprint density at radius 3 is 2.29 bits per heavy atom. The Morgan fingerprint density at radius 1 is 1.14 bits per heavy atom. The molecule has 3 rings (SSSR count). The molecular formula is C14H14ClN3O3. The van der Waals surface area contributed by atoms with Crippen LogP contribution in [0, 0.1) is 0 Å². The lowest BCUT2D eigenvalue weighted by Gasteiger charge is -2.37. The van der Waals surface area contributed by atoms with Crippen LogP contribution in [0.4, 0.5) is 4.79 Å². The van der Waals surface area contributed by atoms with Crippen LogP contribution in [0.3, 0.4) is 0 Å². The molecule has 4 amide bonds. The summed E-state index contributed by atoms with van der Waals surface area (Å²) >= 11 is 5.80. The molecule has 110 valence electrons. The molecule has 2 aliphatic rings. The number of nitrogens with zero attached hydrogens (tertiary/aromatic N) is 1. The van der Waals surface area contributed by atoms with Gasteiger partial charge >= 0.3 is 6.03 Å². The van der Waals surface area contributed by atoms with Gasteiger partial charge in [0.05, 0.1) is 0 Å². The predicted molar refractivity (Wildman–Crippen MR) is 76.0 cm³/mol. The lowest BCUT2D eigenvalue weighted by molar-refractivity contribution is -0.125. The van der Waals surface area contributed by atoms with E-state index in [1.165, 1.54) is 0 Å². The number of piperidine rings is 1. The van der Waals surface area contributed by atoms with E-state index in [1.54, 1.807) is 29.2 Å². The lowest BCUT2D eigenvalue weighted by atomic mass is 9.87. The van der Waals surface area contributed by atoms with Crippen LogP contribution < -0.4 is 10.6 Å². The smallest absolute Gasteiger partial charge is 0.322 e. The third kappa shape index (κ3) is 2.47. The van der Waals surface area contributed by atoms with Gasteiger partial charge in [-0.25, -0.2) is 4.79 Å². The van der Waals surface area contributed by atoms with E-state index in [9.17, 15) is 14.4 Å². The van der Waals surface area contributed by atoms with Crippen molar-refractivity contribution >= 4 is 29.4 Å². The number of likely N-dealkylation sites (tertiary alicyclic amines) is 1. The van der Waals surface area contributed by atoms with E-state index < -0.39 is 11.6 Å². The van der Waals surface area contributed by atoms with Crippen molar-refractivity contribution in [3.05, 3.63) is 34.9 Å². The standard InChI is InChI=1S/C14H14ClN3O3/c15-10-3-1-9(2-4-10)11(19)18-7-5-14(6-8-18)12(20)16-13(21)17-14/h1-4H,5-8H2,(H2,16,17,20,21). The van der Waals surface area contributed by atoms with Gasteiger partial charge in [-0.3, -0.25) is 14.9 Å². The van der Waals surface area contributed by atoms with Crippen molar-refractivity contribution in [1.29, 1.82) is 0 Å². The maximum Gasteiger partial charge on any atom is 0.322 e. The first-order valence-corrected chi connectivity index (χ1v) is 7.06. The second kappa shape index (κ2) is 5.04. The van der Waals surface area contributed by atoms with Crippen LogP contribution in [-0.2, 0) is 4.79 Å². The molecule has 0 aromatic heterocycles. The first-order valence-electron chi connectivity index (χ1n) is 6.69. The number of benzene rings is 1. The normalized spacial score (nSPS) is 20.3. The van der Waals surface area contributed by atoms with E-state index in [4.69, 9.17) is 11.6 Å². The van der Waals surface area contributed by atoms with Crippen LogP contribution in [0.25, 0.3) is 0 Å². The molecule has 1 aromatic carbocycles. The minimum atomic E-state index is -0.853. The fourth-order valence-corrected chi connectivity index (χ4v) is 2.87. The number of hydrogen-bond acceptors (Lipinski definition) is 3. The van der Waals surface area contributed by atoms with Crippen molar-refractivity contribution in [2.24, 2.45) is 0 Å². The Morgan fingerprint density at radius 2 is 1.76 bits per heavy atom. The molecule has 6 nitrogen and oxygen atoms in total. The van der Waals surface area contributed by atoms with Gasteiger partial charge in [0.2, 0.25) is 0 Å². The summed E-state index contributed by atoms with van der Waals surface area (Å²) in [7, 11) is 0. The zero-order chi connectivity index (χ0) is 15.0. The van der Waals surface area contributed by atoms with Gasteiger partial charge in [-0.05, 0) is 37.1 Å². The molecule has 0 saturated carbocycles. The molecule has 1 spiro atoms. The Kier molecular flexibility index (Phi) is 3.33. The molecule has 0 atom stereocenters. The molecule has 0 bridgehead atoms. The topological polar surface area (TPSA) is 78.5 Å². The van der Waals surface area contributed by atoms with Crippen molar-refractivity contribution in [1.82, 2.24) is 15.5 Å². The molecule has 2 saturated heterocycles. The Labute approximate surface area is 126 Å². The molecule has 0 unspecified atom stereocenters. The first-order chi connectivity index (χ1) is 10.00. The van der Waals surface area contributed by atoms with E-state index in [2.05, 4.69) is 10.6 Å². The van der Waals surface area contributed by atoms with E-state index in [1.807, 2.05) is 0 Å². The summed E-state index contributed by atoms with van der Waals surface area (Å²) in [6.07, 6.45) is 0.841. The number of amides is 4. The van der Waals surface area contributed by atoms with Crippen LogP contribution in [-0.4, -0.2) is 41.4 Å². The van der Waals surface area contributed by atoms with Gasteiger partial charge in [-0.15, -0.1) is 0 Å². The van der Waals surface area contributed by atoms with Gasteiger partial charge in [0.25, 0.3) is 11.8 Å². The molecule has 2 heterocycles. The minimum Gasteiger partial charge on any atom is -0.338 e. The second-order valence-electron chi connectivity index (χ2n) is 5.29. The maximum atomic E-state index is 12.4. The number of imide groups is 1. The molecule has 7 heteroatoms. The van der Waals surface area contributed by atoms with Crippen molar-refractivity contribution in [2.75, 3.05) is 13.1 Å². The zero-order valence-corrected chi connectivity index (χ0v) is 11.9. The highest BCUT2D eigenvalue weighted by Gasteiger charge is 2.48. The van der Waals surface area contributed by atoms with Gasteiger partial charge in [-0.1, -0.05) is 11.6 Å². The van der Waals surface area contributed by atoms with Crippen LogP contribution in [0.2, 0.25) is 5.02 Å². The number of rotatable bonds is 1. The minimum absolute atomic E-state index is 0.0914. The zero-order valence-electron chi connectivity index (χ0n) is 11.2. The molecular weight excluding hydrogens is 294 g/mol. The Bertz CT molecular complexity index is 606. The average molecular weight is 308 g/mol. The highest BCUT2D eigenvalue weighted by Crippen LogP contribution is 2.26. The molecule has 1 aromatic rings. The monoisotopic (exact) mass is 307 g/mol. The van der Waals surface area contributed by atoms with Crippen molar-refractivity contribution in [3.8, 4) is 0 Å².